The van der Waals surface area contributed by atoms with E-state index in [-0.39, 0.29) is 30.7 Å². The summed E-state index contributed by atoms with van der Waals surface area (Å²) in [5, 5.41) is 2.88. The summed E-state index contributed by atoms with van der Waals surface area (Å²) in [6, 6.07) is 15.7. The Morgan fingerprint density at radius 1 is 1.04 bits per heavy atom. The summed E-state index contributed by atoms with van der Waals surface area (Å²) in [7, 11) is 1.59. The Kier molecular flexibility index (Phi) is 10.1. The standard InChI is InChI=1S/C20H26N4O2.2ClH/c1-26-17-7-8-18(21)19(13-17)22-20(25)15-24-11-9-23(10-12-24)14-16-5-3-2-4-6-16;;/h2-8,13H,9-12,14-15,21H2,1H3,(H,22,25);2*1H. The zero-order valence-corrected chi connectivity index (χ0v) is 17.6. The first-order valence-electron chi connectivity index (χ1n) is 8.86. The van der Waals surface area contributed by atoms with Gasteiger partial charge in [-0.25, -0.2) is 0 Å². The van der Waals surface area contributed by atoms with Crippen LogP contribution >= 0.6 is 24.8 Å². The van der Waals surface area contributed by atoms with E-state index in [2.05, 4.69) is 39.4 Å². The lowest BCUT2D eigenvalue weighted by atomic mass is 10.2. The Hall–Kier alpha value is -1.99. The summed E-state index contributed by atoms with van der Waals surface area (Å²) >= 11 is 0. The average molecular weight is 427 g/mol. The van der Waals surface area contributed by atoms with Gasteiger partial charge in [0.2, 0.25) is 5.91 Å². The van der Waals surface area contributed by atoms with Gasteiger partial charge in [-0.2, -0.15) is 0 Å². The number of nitrogen functional groups attached to an aromatic ring is 1. The van der Waals surface area contributed by atoms with E-state index in [9.17, 15) is 4.79 Å². The molecule has 0 saturated carbocycles. The lowest BCUT2D eigenvalue weighted by Gasteiger charge is -2.34. The molecule has 0 atom stereocenters. The first-order valence-corrected chi connectivity index (χ1v) is 8.86. The first-order chi connectivity index (χ1) is 12.6. The molecule has 6 nitrogen and oxygen atoms in total. The van der Waals surface area contributed by atoms with Gasteiger partial charge in [0, 0.05) is 38.8 Å². The van der Waals surface area contributed by atoms with Crippen molar-refractivity contribution in [1.29, 1.82) is 0 Å². The Morgan fingerprint density at radius 2 is 1.68 bits per heavy atom. The van der Waals surface area contributed by atoms with Gasteiger partial charge < -0.3 is 15.8 Å². The lowest BCUT2D eigenvalue weighted by molar-refractivity contribution is -0.117. The molecule has 154 valence electrons. The fourth-order valence-electron chi connectivity index (χ4n) is 3.11. The predicted octanol–water partition coefficient (Wildman–Crippen LogP) is 2.88. The normalized spacial score (nSPS) is 14.5. The molecule has 0 aliphatic carbocycles. The Labute approximate surface area is 178 Å². The molecule has 0 unspecified atom stereocenters. The molecule has 8 heteroatoms. The van der Waals surface area contributed by atoms with Crippen molar-refractivity contribution in [2.24, 2.45) is 0 Å². The van der Waals surface area contributed by atoms with E-state index in [0.717, 1.165) is 32.7 Å². The van der Waals surface area contributed by atoms with Gasteiger partial charge in [0.1, 0.15) is 5.75 Å². The van der Waals surface area contributed by atoms with Crippen molar-refractivity contribution in [1.82, 2.24) is 9.80 Å². The highest BCUT2D eigenvalue weighted by molar-refractivity contribution is 5.95. The van der Waals surface area contributed by atoms with Gasteiger partial charge in [-0.1, -0.05) is 30.3 Å². The van der Waals surface area contributed by atoms with E-state index < -0.39 is 0 Å². The molecule has 28 heavy (non-hydrogen) atoms. The van der Waals surface area contributed by atoms with Crippen LogP contribution in [0.1, 0.15) is 5.56 Å². The molecule has 1 fully saturated rings. The third-order valence-electron chi connectivity index (χ3n) is 4.62. The number of methoxy groups -OCH3 is 1. The zero-order valence-electron chi connectivity index (χ0n) is 16.0. The topological polar surface area (TPSA) is 70.8 Å². The number of hydrogen-bond acceptors (Lipinski definition) is 5. The van der Waals surface area contributed by atoms with Gasteiger partial charge in [0.05, 0.1) is 25.0 Å². The van der Waals surface area contributed by atoms with Crippen LogP contribution in [-0.2, 0) is 11.3 Å². The summed E-state index contributed by atoms with van der Waals surface area (Å²) in [5.41, 5.74) is 8.38. The number of piperazine rings is 1. The SMILES string of the molecule is COc1ccc(N)c(NC(=O)CN2CCN(Cc3ccccc3)CC2)c1.Cl.Cl. The van der Waals surface area contributed by atoms with Crippen LogP contribution in [0.5, 0.6) is 5.75 Å². The number of nitrogens with zero attached hydrogens (tertiary/aromatic N) is 2. The number of hydrogen-bond donors (Lipinski definition) is 2. The third kappa shape index (κ3) is 6.87. The minimum absolute atomic E-state index is 0. The smallest absolute Gasteiger partial charge is 0.238 e. The average Bonchev–Trinajstić information content (AvgIpc) is 2.66. The molecule has 3 rings (SSSR count). The molecular weight excluding hydrogens is 399 g/mol. The van der Waals surface area contributed by atoms with Crippen LogP contribution in [0.3, 0.4) is 0 Å². The van der Waals surface area contributed by atoms with Crippen LogP contribution in [0.2, 0.25) is 0 Å². The highest BCUT2D eigenvalue weighted by Crippen LogP contribution is 2.24. The van der Waals surface area contributed by atoms with Crippen molar-refractivity contribution in [3.8, 4) is 5.75 Å². The molecule has 3 N–H and O–H groups in total. The van der Waals surface area contributed by atoms with Crippen LogP contribution in [0, 0.1) is 0 Å². The molecule has 1 saturated heterocycles. The fraction of sp³-hybridized carbons (Fsp3) is 0.350. The molecule has 0 spiro atoms. The number of rotatable bonds is 6. The van der Waals surface area contributed by atoms with Gasteiger partial charge in [-0.15, -0.1) is 24.8 Å². The molecule has 1 heterocycles. The highest BCUT2D eigenvalue weighted by Gasteiger charge is 2.19. The molecule has 0 bridgehead atoms. The maximum Gasteiger partial charge on any atom is 0.238 e. The van der Waals surface area contributed by atoms with Crippen LogP contribution in [0.15, 0.2) is 48.5 Å². The minimum Gasteiger partial charge on any atom is -0.497 e. The first kappa shape index (κ1) is 24.0. The van der Waals surface area contributed by atoms with E-state index in [1.54, 1.807) is 25.3 Å². The van der Waals surface area contributed by atoms with E-state index in [1.807, 2.05) is 6.07 Å². The van der Waals surface area contributed by atoms with Crippen molar-refractivity contribution < 1.29 is 9.53 Å². The number of amides is 1. The van der Waals surface area contributed by atoms with E-state index in [0.29, 0.717) is 23.7 Å². The number of ether oxygens (including phenoxy) is 1. The summed E-state index contributed by atoms with van der Waals surface area (Å²) in [4.78, 5) is 16.9. The van der Waals surface area contributed by atoms with Crippen molar-refractivity contribution in [3.63, 3.8) is 0 Å². The maximum absolute atomic E-state index is 12.3. The van der Waals surface area contributed by atoms with Gasteiger partial charge in [0.25, 0.3) is 0 Å². The quantitative estimate of drug-likeness (QED) is 0.694. The lowest BCUT2D eigenvalue weighted by Crippen LogP contribution is -2.48. The molecule has 0 radical (unpaired) electrons. The molecule has 1 aliphatic rings. The van der Waals surface area contributed by atoms with E-state index >= 15 is 0 Å². The molecular formula is C20H28Cl2N4O2. The number of carbonyl (C=O) groups is 1. The van der Waals surface area contributed by atoms with Gasteiger partial charge in [0.15, 0.2) is 0 Å². The third-order valence-corrected chi connectivity index (χ3v) is 4.62. The van der Waals surface area contributed by atoms with Crippen molar-refractivity contribution in [3.05, 3.63) is 54.1 Å². The highest BCUT2D eigenvalue weighted by atomic mass is 35.5. The number of nitrogens with two attached hydrogens (primary N) is 1. The van der Waals surface area contributed by atoms with Gasteiger partial charge in [-0.3, -0.25) is 14.6 Å². The number of halogens is 2. The monoisotopic (exact) mass is 426 g/mol. The molecule has 0 aromatic heterocycles. The number of carbonyl (C=O) groups excluding carboxylic acids is 1. The van der Waals surface area contributed by atoms with Crippen LogP contribution in [0.25, 0.3) is 0 Å². The largest absolute Gasteiger partial charge is 0.497 e. The minimum atomic E-state index is -0.0542. The summed E-state index contributed by atoms with van der Waals surface area (Å²) in [6.07, 6.45) is 0. The van der Waals surface area contributed by atoms with Crippen LogP contribution < -0.4 is 15.8 Å². The maximum atomic E-state index is 12.3. The van der Waals surface area contributed by atoms with Crippen LogP contribution in [0.4, 0.5) is 11.4 Å². The Balaban J connectivity index is 0.00000196. The Bertz CT molecular complexity index is 738. The summed E-state index contributed by atoms with van der Waals surface area (Å²) in [5.74, 6) is 0.616. The number of anilines is 2. The second-order valence-electron chi connectivity index (χ2n) is 6.54. The number of benzene rings is 2. The zero-order chi connectivity index (χ0) is 18.4. The van der Waals surface area contributed by atoms with Crippen molar-refractivity contribution >= 4 is 42.1 Å². The second kappa shape index (κ2) is 11.8. The van der Waals surface area contributed by atoms with Gasteiger partial charge in [-0.05, 0) is 17.7 Å². The molecule has 1 amide bonds. The molecule has 2 aromatic rings. The summed E-state index contributed by atoms with van der Waals surface area (Å²) < 4.78 is 5.18. The molecule has 1 aliphatic heterocycles. The summed E-state index contributed by atoms with van der Waals surface area (Å²) in [6.45, 7) is 5.02. The van der Waals surface area contributed by atoms with E-state index in [1.165, 1.54) is 5.56 Å². The van der Waals surface area contributed by atoms with Gasteiger partial charge >= 0.3 is 0 Å². The second-order valence-corrected chi connectivity index (χ2v) is 6.54. The Morgan fingerprint density at radius 3 is 2.32 bits per heavy atom. The number of nitrogens with one attached hydrogen (secondary N) is 1. The van der Waals surface area contributed by atoms with Crippen molar-refractivity contribution in [2.75, 3.05) is 50.9 Å². The van der Waals surface area contributed by atoms with Crippen molar-refractivity contribution in [2.45, 2.75) is 6.54 Å². The molecule has 2 aromatic carbocycles. The fourth-order valence-corrected chi connectivity index (χ4v) is 3.11. The van der Waals surface area contributed by atoms with Crippen LogP contribution in [-0.4, -0.2) is 55.5 Å². The predicted molar refractivity (Wildman–Crippen MR) is 119 cm³/mol. The van der Waals surface area contributed by atoms with E-state index in [4.69, 9.17) is 10.5 Å².